The first-order valence-electron chi connectivity index (χ1n) is 6.73. The van der Waals surface area contributed by atoms with Crippen molar-refractivity contribution in [2.24, 2.45) is 0 Å². The molecule has 2 aromatic carbocycles. The molecule has 7 heteroatoms. The summed E-state index contributed by atoms with van der Waals surface area (Å²) in [6, 6.07) is 13.0. The summed E-state index contributed by atoms with van der Waals surface area (Å²) in [5, 5.41) is 0.233. The summed E-state index contributed by atoms with van der Waals surface area (Å²) < 4.78 is 64.2. The normalized spacial score (nSPS) is 12.7. The molecular formula is C16H12F3NO2S. The third-order valence-electron chi connectivity index (χ3n) is 3.47. The van der Waals surface area contributed by atoms with Crippen molar-refractivity contribution in [2.75, 3.05) is 0 Å². The molecule has 3 rings (SSSR count). The fraction of sp³-hybridized carbons (Fsp3) is 0.125. The summed E-state index contributed by atoms with van der Waals surface area (Å²) in [4.78, 5) is 0. The lowest BCUT2D eigenvalue weighted by Crippen LogP contribution is -2.14. The average Bonchev–Trinajstić information content (AvgIpc) is 2.90. The highest BCUT2D eigenvalue weighted by atomic mass is 32.2. The van der Waals surface area contributed by atoms with Crippen LogP contribution in [0.25, 0.3) is 10.9 Å². The Kier molecular flexibility index (Phi) is 3.68. The zero-order valence-electron chi connectivity index (χ0n) is 11.8. The lowest BCUT2D eigenvalue weighted by Gasteiger charge is -2.09. The molecule has 3 aromatic rings. The van der Waals surface area contributed by atoms with Crippen LogP contribution in [-0.2, 0) is 22.0 Å². The fourth-order valence-electron chi connectivity index (χ4n) is 2.39. The largest absolute Gasteiger partial charge is 0.416 e. The maximum atomic E-state index is 12.7. The van der Waals surface area contributed by atoms with Crippen molar-refractivity contribution in [3.05, 3.63) is 71.9 Å². The molecule has 120 valence electrons. The van der Waals surface area contributed by atoms with E-state index in [0.717, 1.165) is 16.1 Å². The van der Waals surface area contributed by atoms with E-state index < -0.39 is 21.8 Å². The van der Waals surface area contributed by atoms with E-state index >= 15 is 0 Å². The number of rotatable bonds is 3. The van der Waals surface area contributed by atoms with Crippen LogP contribution < -0.4 is 0 Å². The van der Waals surface area contributed by atoms with E-state index in [9.17, 15) is 21.6 Å². The molecular weight excluding hydrogens is 327 g/mol. The minimum Gasteiger partial charge on any atom is -0.245 e. The van der Waals surface area contributed by atoms with Crippen molar-refractivity contribution >= 4 is 20.9 Å². The van der Waals surface area contributed by atoms with Gasteiger partial charge in [0.1, 0.15) is 0 Å². The minimum atomic E-state index is -4.46. The summed E-state index contributed by atoms with van der Waals surface area (Å²) >= 11 is 0. The Morgan fingerprint density at radius 1 is 0.957 bits per heavy atom. The van der Waals surface area contributed by atoms with Gasteiger partial charge in [-0.25, -0.2) is 12.4 Å². The summed E-state index contributed by atoms with van der Waals surface area (Å²) in [7, 11) is -3.71. The summed E-state index contributed by atoms with van der Waals surface area (Å²) in [6.45, 7) is 0. The topological polar surface area (TPSA) is 39.1 Å². The molecule has 0 bridgehead atoms. The van der Waals surface area contributed by atoms with Crippen molar-refractivity contribution in [3.8, 4) is 0 Å². The molecule has 0 fully saturated rings. The number of hydrogen-bond acceptors (Lipinski definition) is 2. The highest BCUT2D eigenvalue weighted by Gasteiger charge is 2.31. The van der Waals surface area contributed by atoms with Crippen molar-refractivity contribution in [1.82, 2.24) is 3.97 Å². The van der Waals surface area contributed by atoms with Crippen LogP contribution in [-0.4, -0.2) is 12.4 Å². The lowest BCUT2D eigenvalue weighted by atomic mass is 10.1. The molecule has 0 saturated heterocycles. The van der Waals surface area contributed by atoms with Crippen molar-refractivity contribution < 1.29 is 21.6 Å². The SMILES string of the molecule is O=S(=O)(Cc1ccccc1)n1ccc2cc(C(F)(F)F)ccc21. The van der Waals surface area contributed by atoms with E-state index in [1.807, 2.05) is 0 Å². The quantitative estimate of drug-likeness (QED) is 0.722. The second-order valence-corrected chi connectivity index (χ2v) is 6.97. The Hall–Kier alpha value is -2.28. The molecule has 0 aliphatic heterocycles. The molecule has 3 nitrogen and oxygen atoms in total. The van der Waals surface area contributed by atoms with Crippen LogP contribution in [0.5, 0.6) is 0 Å². The Morgan fingerprint density at radius 2 is 1.65 bits per heavy atom. The standard InChI is InChI=1S/C16H12F3NO2S/c17-16(18,19)14-6-7-15-13(10-14)8-9-20(15)23(21,22)11-12-4-2-1-3-5-12/h1-10H,11H2. The van der Waals surface area contributed by atoms with Crippen molar-refractivity contribution in [3.63, 3.8) is 0 Å². The number of hydrogen-bond donors (Lipinski definition) is 0. The van der Waals surface area contributed by atoms with E-state index in [-0.39, 0.29) is 16.7 Å². The molecule has 0 spiro atoms. The number of benzene rings is 2. The van der Waals surface area contributed by atoms with Crippen LogP contribution >= 0.6 is 0 Å². The average molecular weight is 339 g/mol. The Morgan fingerprint density at radius 3 is 2.30 bits per heavy atom. The van der Waals surface area contributed by atoms with Crippen LogP contribution in [0, 0.1) is 0 Å². The minimum absolute atomic E-state index is 0.224. The van der Waals surface area contributed by atoms with Gasteiger partial charge in [0, 0.05) is 11.6 Å². The van der Waals surface area contributed by atoms with Crippen molar-refractivity contribution in [2.45, 2.75) is 11.9 Å². The van der Waals surface area contributed by atoms with Crippen molar-refractivity contribution in [1.29, 1.82) is 0 Å². The third-order valence-corrected chi connectivity index (χ3v) is 5.09. The fourth-order valence-corrected chi connectivity index (χ4v) is 3.86. The highest BCUT2D eigenvalue weighted by Crippen LogP contribution is 2.32. The van der Waals surface area contributed by atoms with Crippen LogP contribution in [0.3, 0.4) is 0 Å². The van der Waals surface area contributed by atoms with E-state index in [2.05, 4.69) is 0 Å². The van der Waals surface area contributed by atoms with Gasteiger partial charge in [0.2, 0.25) is 10.0 Å². The first-order chi connectivity index (χ1) is 10.8. The van der Waals surface area contributed by atoms with E-state index in [4.69, 9.17) is 0 Å². The Labute approximate surface area is 131 Å². The van der Waals surface area contributed by atoms with Crippen LogP contribution in [0.1, 0.15) is 11.1 Å². The van der Waals surface area contributed by atoms with Gasteiger partial charge < -0.3 is 0 Å². The third kappa shape index (κ3) is 3.10. The van der Waals surface area contributed by atoms with E-state index in [0.29, 0.717) is 5.56 Å². The van der Waals surface area contributed by atoms with Crippen LogP contribution in [0.15, 0.2) is 60.8 Å². The molecule has 1 aromatic heterocycles. The second kappa shape index (κ2) is 5.42. The maximum Gasteiger partial charge on any atom is 0.416 e. The van der Waals surface area contributed by atoms with E-state index in [1.54, 1.807) is 30.3 Å². The molecule has 0 unspecified atom stereocenters. The van der Waals surface area contributed by atoms with Gasteiger partial charge in [-0.2, -0.15) is 13.2 Å². The molecule has 0 saturated carbocycles. The smallest absolute Gasteiger partial charge is 0.245 e. The Balaban J connectivity index is 2.03. The number of nitrogens with zero attached hydrogens (tertiary/aromatic N) is 1. The molecule has 23 heavy (non-hydrogen) atoms. The zero-order valence-corrected chi connectivity index (χ0v) is 12.6. The zero-order chi connectivity index (χ0) is 16.7. The molecule has 0 radical (unpaired) electrons. The maximum absolute atomic E-state index is 12.7. The van der Waals surface area contributed by atoms with Crippen LogP contribution in [0.2, 0.25) is 0 Å². The molecule has 0 aliphatic carbocycles. The highest BCUT2D eigenvalue weighted by molar-refractivity contribution is 7.89. The van der Waals surface area contributed by atoms with Gasteiger partial charge in [-0.3, -0.25) is 0 Å². The van der Waals surface area contributed by atoms with Crippen LogP contribution in [0.4, 0.5) is 13.2 Å². The van der Waals surface area contributed by atoms with Gasteiger partial charge in [0.15, 0.2) is 0 Å². The molecule has 0 aliphatic rings. The number of aromatic nitrogens is 1. The summed E-state index contributed by atoms with van der Waals surface area (Å²) in [5.41, 5.74) is 0.0402. The number of alkyl halides is 3. The van der Waals surface area contributed by atoms with Gasteiger partial charge >= 0.3 is 6.18 Å². The van der Waals surface area contributed by atoms with Gasteiger partial charge in [0.25, 0.3) is 0 Å². The molecule has 0 N–H and O–H groups in total. The van der Waals surface area contributed by atoms with Gasteiger partial charge in [-0.05, 0) is 29.8 Å². The van der Waals surface area contributed by atoms with Gasteiger partial charge in [-0.1, -0.05) is 30.3 Å². The monoisotopic (exact) mass is 339 g/mol. The summed E-state index contributed by atoms with van der Waals surface area (Å²) in [5.74, 6) is -0.224. The Bertz CT molecular complexity index is 944. The van der Waals surface area contributed by atoms with Gasteiger partial charge in [-0.15, -0.1) is 0 Å². The molecule has 1 heterocycles. The predicted molar refractivity (Wildman–Crippen MR) is 81.4 cm³/mol. The van der Waals surface area contributed by atoms with E-state index in [1.165, 1.54) is 18.3 Å². The summed E-state index contributed by atoms with van der Waals surface area (Å²) in [6.07, 6.45) is -3.18. The number of halogens is 3. The first-order valence-corrected chi connectivity index (χ1v) is 8.34. The molecule has 0 atom stereocenters. The predicted octanol–water partition coefficient (Wildman–Crippen LogP) is 4.04. The number of fused-ring (bicyclic) bond motifs is 1. The first kappa shape index (κ1) is 15.6. The molecule has 0 amide bonds. The second-order valence-electron chi connectivity index (χ2n) is 5.12. The lowest BCUT2D eigenvalue weighted by molar-refractivity contribution is -0.137. The van der Waals surface area contributed by atoms with Gasteiger partial charge in [0.05, 0.1) is 16.8 Å².